The lowest BCUT2D eigenvalue weighted by atomic mass is 10.2. The van der Waals surface area contributed by atoms with Crippen molar-refractivity contribution in [3.05, 3.63) is 70.2 Å². The van der Waals surface area contributed by atoms with Crippen molar-refractivity contribution in [1.29, 1.82) is 0 Å². The number of para-hydroxylation sites is 1. The lowest BCUT2D eigenvalue weighted by Crippen LogP contribution is -2.18. The van der Waals surface area contributed by atoms with Crippen LogP contribution in [0.15, 0.2) is 58.3 Å². The lowest BCUT2D eigenvalue weighted by molar-refractivity contribution is -0.385. The van der Waals surface area contributed by atoms with Gasteiger partial charge in [-0.15, -0.1) is 0 Å². The largest absolute Gasteiger partial charge is 0.465 e. The summed E-state index contributed by atoms with van der Waals surface area (Å²) in [6.07, 6.45) is 6.10. The maximum absolute atomic E-state index is 11.8. The van der Waals surface area contributed by atoms with Crippen molar-refractivity contribution < 1.29 is 14.1 Å². The number of nitro groups is 1. The topological polar surface area (TPSA) is 97.7 Å². The smallest absolute Gasteiger partial charge is 0.282 e. The van der Waals surface area contributed by atoms with Gasteiger partial charge in [-0.25, -0.2) is 5.43 Å². The van der Waals surface area contributed by atoms with Gasteiger partial charge in [-0.3, -0.25) is 14.9 Å². The SMILES string of the molecule is O=C(NN=CC=Cc1ccco1)c1ccccc1[N+](=O)[O-]. The van der Waals surface area contributed by atoms with Gasteiger partial charge in [0.05, 0.1) is 11.2 Å². The van der Waals surface area contributed by atoms with Crippen LogP contribution in [0.1, 0.15) is 16.1 Å². The predicted octanol–water partition coefficient (Wildman–Crippen LogP) is 2.62. The summed E-state index contributed by atoms with van der Waals surface area (Å²) in [6.45, 7) is 0. The van der Waals surface area contributed by atoms with Gasteiger partial charge in [0.1, 0.15) is 11.3 Å². The summed E-state index contributed by atoms with van der Waals surface area (Å²) >= 11 is 0. The average Bonchev–Trinajstić information content (AvgIpc) is 3.00. The normalized spacial score (nSPS) is 11.0. The minimum absolute atomic E-state index is 0.0466. The molecule has 1 amide bonds. The van der Waals surface area contributed by atoms with Crippen molar-refractivity contribution in [2.75, 3.05) is 0 Å². The van der Waals surface area contributed by atoms with Crippen molar-refractivity contribution in [2.24, 2.45) is 5.10 Å². The van der Waals surface area contributed by atoms with Crippen LogP contribution in [-0.4, -0.2) is 17.0 Å². The highest BCUT2D eigenvalue weighted by molar-refractivity contribution is 5.98. The fourth-order valence-corrected chi connectivity index (χ4v) is 1.55. The van der Waals surface area contributed by atoms with Crippen LogP contribution in [0, 0.1) is 10.1 Å². The maximum atomic E-state index is 11.8. The van der Waals surface area contributed by atoms with Gasteiger partial charge in [0.2, 0.25) is 0 Å². The van der Waals surface area contributed by atoms with E-state index in [0.717, 1.165) is 0 Å². The van der Waals surface area contributed by atoms with Gasteiger partial charge in [-0.2, -0.15) is 5.10 Å². The van der Waals surface area contributed by atoms with Gasteiger partial charge in [0, 0.05) is 12.3 Å². The van der Waals surface area contributed by atoms with Crippen molar-refractivity contribution in [2.45, 2.75) is 0 Å². The van der Waals surface area contributed by atoms with E-state index in [-0.39, 0.29) is 11.3 Å². The van der Waals surface area contributed by atoms with Crippen LogP contribution < -0.4 is 5.43 Å². The zero-order chi connectivity index (χ0) is 15.1. The number of carbonyl (C=O) groups excluding carboxylic acids is 1. The number of allylic oxidation sites excluding steroid dienone is 1. The molecule has 0 spiro atoms. The zero-order valence-electron chi connectivity index (χ0n) is 10.8. The van der Waals surface area contributed by atoms with Crippen molar-refractivity contribution in [1.82, 2.24) is 5.43 Å². The minimum Gasteiger partial charge on any atom is -0.465 e. The number of carbonyl (C=O) groups is 1. The van der Waals surface area contributed by atoms with Crippen molar-refractivity contribution in [3.8, 4) is 0 Å². The number of nitrogens with zero attached hydrogens (tertiary/aromatic N) is 2. The van der Waals surface area contributed by atoms with E-state index in [2.05, 4.69) is 10.5 Å². The summed E-state index contributed by atoms with van der Waals surface area (Å²) in [6, 6.07) is 9.16. The average molecular weight is 285 g/mol. The molecular formula is C14H11N3O4. The van der Waals surface area contributed by atoms with E-state index >= 15 is 0 Å². The number of amides is 1. The summed E-state index contributed by atoms with van der Waals surface area (Å²) in [5, 5.41) is 14.5. The highest BCUT2D eigenvalue weighted by Gasteiger charge is 2.18. The van der Waals surface area contributed by atoms with Crippen LogP contribution in [0.4, 0.5) is 5.69 Å². The van der Waals surface area contributed by atoms with Crippen LogP contribution in [0.3, 0.4) is 0 Å². The first-order valence-electron chi connectivity index (χ1n) is 5.95. The Morgan fingerprint density at radius 2 is 2.10 bits per heavy atom. The van der Waals surface area contributed by atoms with Gasteiger partial charge < -0.3 is 4.42 Å². The van der Waals surface area contributed by atoms with Crippen LogP contribution >= 0.6 is 0 Å². The number of hydrogen-bond acceptors (Lipinski definition) is 5. The molecule has 0 fully saturated rings. The first-order chi connectivity index (χ1) is 10.2. The molecule has 0 aliphatic heterocycles. The molecule has 7 nitrogen and oxygen atoms in total. The Balaban J connectivity index is 1.97. The number of hydrazone groups is 1. The molecule has 2 aromatic rings. The predicted molar refractivity (Wildman–Crippen MR) is 76.8 cm³/mol. The summed E-state index contributed by atoms with van der Waals surface area (Å²) in [4.78, 5) is 22.0. The van der Waals surface area contributed by atoms with Gasteiger partial charge in [-0.05, 0) is 30.4 Å². The first-order valence-corrected chi connectivity index (χ1v) is 5.95. The molecule has 7 heteroatoms. The van der Waals surface area contributed by atoms with Crippen LogP contribution in [-0.2, 0) is 0 Å². The van der Waals surface area contributed by atoms with Crippen LogP contribution in [0.5, 0.6) is 0 Å². The molecule has 0 bridgehead atoms. The molecule has 1 N–H and O–H groups in total. The van der Waals surface area contributed by atoms with Gasteiger partial charge in [0.25, 0.3) is 11.6 Å². The Labute approximate surface area is 119 Å². The Kier molecular flexibility index (Phi) is 4.60. The molecule has 2 rings (SSSR count). The summed E-state index contributed by atoms with van der Waals surface area (Å²) in [7, 11) is 0. The number of hydrogen-bond donors (Lipinski definition) is 1. The van der Waals surface area contributed by atoms with Gasteiger partial charge in [0.15, 0.2) is 0 Å². The lowest BCUT2D eigenvalue weighted by Gasteiger charge is -2.00. The molecule has 0 aliphatic carbocycles. The Morgan fingerprint density at radius 3 is 2.81 bits per heavy atom. The Hall–Kier alpha value is -3.22. The standard InChI is InChI=1S/C14H11N3O4/c18-14(12-7-1-2-8-13(12)17(19)20)16-15-9-3-5-11-6-4-10-21-11/h1-10H,(H,16,18). The fourth-order valence-electron chi connectivity index (χ4n) is 1.55. The van der Waals surface area contributed by atoms with E-state index in [9.17, 15) is 14.9 Å². The quantitative estimate of drug-likeness (QED) is 0.518. The molecule has 1 aromatic carbocycles. The van der Waals surface area contributed by atoms with Gasteiger partial charge in [-0.1, -0.05) is 12.1 Å². The summed E-state index contributed by atoms with van der Waals surface area (Å²) in [5.74, 6) is -0.00331. The van der Waals surface area contributed by atoms with Crippen LogP contribution in [0.25, 0.3) is 6.08 Å². The molecule has 0 saturated heterocycles. The van der Waals surface area contributed by atoms with E-state index < -0.39 is 10.8 Å². The molecule has 0 aliphatic rings. The zero-order valence-corrected chi connectivity index (χ0v) is 10.8. The summed E-state index contributed by atoms with van der Waals surface area (Å²) < 4.78 is 5.06. The molecular weight excluding hydrogens is 274 g/mol. The second-order valence-corrected chi connectivity index (χ2v) is 3.87. The highest BCUT2D eigenvalue weighted by Crippen LogP contribution is 2.17. The van der Waals surface area contributed by atoms with E-state index in [1.807, 2.05) is 0 Å². The number of benzene rings is 1. The second kappa shape index (κ2) is 6.80. The second-order valence-electron chi connectivity index (χ2n) is 3.87. The van der Waals surface area contributed by atoms with E-state index in [4.69, 9.17) is 4.42 Å². The molecule has 0 atom stereocenters. The molecule has 106 valence electrons. The number of nitro benzene ring substituents is 1. The fraction of sp³-hybridized carbons (Fsp3) is 0. The minimum atomic E-state index is -0.648. The third-order valence-corrected chi connectivity index (χ3v) is 2.48. The molecule has 0 unspecified atom stereocenters. The summed E-state index contributed by atoms with van der Waals surface area (Å²) in [5.41, 5.74) is 1.90. The molecule has 0 radical (unpaired) electrons. The van der Waals surface area contributed by atoms with E-state index in [0.29, 0.717) is 5.76 Å². The van der Waals surface area contributed by atoms with Crippen molar-refractivity contribution >= 4 is 23.9 Å². The molecule has 0 saturated carbocycles. The Morgan fingerprint density at radius 1 is 1.29 bits per heavy atom. The molecule has 1 heterocycles. The van der Waals surface area contributed by atoms with E-state index in [1.165, 1.54) is 30.7 Å². The van der Waals surface area contributed by atoms with E-state index in [1.54, 1.807) is 30.4 Å². The molecule has 21 heavy (non-hydrogen) atoms. The molecule has 1 aromatic heterocycles. The Bertz CT molecular complexity index is 690. The third-order valence-electron chi connectivity index (χ3n) is 2.48. The monoisotopic (exact) mass is 285 g/mol. The highest BCUT2D eigenvalue weighted by atomic mass is 16.6. The number of rotatable bonds is 5. The number of nitrogens with one attached hydrogen (secondary N) is 1. The van der Waals surface area contributed by atoms with Crippen molar-refractivity contribution in [3.63, 3.8) is 0 Å². The maximum Gasteiger partial charge on any atom is 0.282 e. The first kappa shape index (κ1) is 14.2. The third kappa shape index (κ3) is 3.87. The number of furan rings is 1. The van der Waals surface area contributed by atoms with Crippen LogP contribution in [0.2, 0.25) is 0 Å². The van der Waals surface area contributed by atoms with Gasteiger partial charge >= 0.3 is 0 Å².